The number of hydrogen-bond acceptors (Lipinski definition) is 4. The number of nitrogens with one attached hydrogen (secondary N) is 1. The maximum absolute atomic E-state index is 11.0. The summed E-state index contributed by atoms with van der Waals surface area (Å²) in [5, 5.41) is 8.29. The lowest BCUT2D eigenvalue weighted by molar-refractivity contribution is 0.0693. The third-order valence-corrected chi connectivity index (χ3v) is 3.37. The minimum atomic E-state index is -1.21. The van der Waals surface area contributed by atoms with E-state index in [1.807, 2.05) is 0 Å². The first-order valence-corrected chi connectivity index (χ1v) is 5.16. The molecule has 1 aromatic rings. The second-order valence-electron chi connectivity index (χ2n) is 2.79. The summed E-state index contributed by atoms with van der Waals surface area (Å²) < 4.78 is 3.79. The van der Waals surface area contributed by atoms with Crippen LogP contribution in [-0.2, 0) is 10.7 Å². The summed E-state index contributed by atoms with van der Waals surface area (Å²) in [6.45, 7) is 0. The summed E-state index contributed by atoms with van der Waals surface area (Å²) in [6.07, 6.45) is 0. The average molecular weight is 225 g/mol. The third-order valence-electron chi connectivity index (χ3n) is 1.89. The largest absolute Gasteiger partial charge is 0.478 e. The highest BCUT2D eigenvalue weighted by molar-refractivity contribution is 8.02. The highest BCUT2D eigenvalue weighted by Crippen LogP contribution is 2.30. The first-order valence-electron chi connectivity index (χ1n) is 3.98. The first-order chi connectivity index (χ1) is 7.11. The van der Waals surface area contributed by atoms with Gasteiger partial charge in [0.05, 0.1) is 16.1 Å². The zero-order valence-electron chi connectivity index (χ0n) is 7.43. The number of carboxylic acids is 1. The van der Waals surface area contributed by atoms with Gasteiger partial charge in [0.25, 0.3) is 5.24 Å². The van der Waals surface area contributed by atoms with Crippen molar-refractivity contribution in [3.63, 3.8) is 0 Å². The van der Waals surface area contributed by atoms with Crippen LogP contribution in [-0.4, -0.2) is 16.3 Å². The van der Waals surface area contributed by atoms with Gasteiger partial charge in [0, 0.05) is 10.7 Å². The SMILES string of the molecule is NC(=O)S1=NNc2cccc(C(=O)O)c21. The summed E-state index contributed by atoms with van der Waals surface area (Å²) in [5.74, 6) is -1.09. The van der Waals surface area contributed by atoms with E-state index >= 15 is 0 Å². The normalized spacial score (nSPS) is 17.5. The molecule has 6 nitrogen and oxygen atoms in total. The molecule has 1 aliphatic heterocycles. The first kappa shape index (κ1) is 9.66. The van der Waals surface area contributed by atoms with Crippen LogP contribution in [0.4, 0.5) is 10.5 Å². The van der Waals surface area contributed by atoms with Crippen LogP contribution in [0.25, 0.3) is 0 Å². The van der Waals surface area contributed by atoms with Crippen LogP contribution in [0.15, 0.2) is 27.6 Å². The number of hydrogen-bond donors (Lipinski definition) is 3. The van der Waals surface area contributed by atoms with Crippen LogP contribution in [0.3, 0.4) is 0 Å². The van der Waals surface area contributed by atoms with Gasteiger partial charge in [0.1, 0.15) is 0 Å². The third kappa shape index (κ3) is 1.46. The van der Waals surface area contributed by atoms with Gasteiger partial charge in [-0.2, -0.15) is 0 Å². The van der Waals surface area contributed by atoms with E-state index < -0.39 is 21.9 Å². The topological polar surface area (TPSA) is 105 Å². The number of aromatic carboxylic acids is 1. The van der Waals surface area contributed by atoms with E-state index in [-0.39, 0.29) is 5.56 Å². The Labute approximate surface area is 87.2 Å². The number of carboxylic acid groups (broad SMARTS) is 1. The Hall–Kier alpha value is -1.89. The number of benzene rings is 1. The summed E-state index contributed by atoms with van der Waals surface area (Å²) in [5.41, 5.74) is 8.31. The van der Waals surface area contributed by atoms with Crippen molar-refractivity contribution in [2.24, 2.45) is 10.2 Å². The maximum Gasteiger partial charge on any atom is 0.336 e. The fourth-order valence-corrected chi connectivity index (χ4v) is 2.55. The number of carbonyl (C=O) groups is 2. The van der Waals surface area contributed by atoms with Crippen LogP contribution in [0.2, 0.25) is 0 Å². The Bertz CT molecular complexity index is 498. The van der Waals surface area contributed by atoms with E-state index in [2.05, 4.69) is 9.90 Å². The van der Waals surface area contributed by atoms with E-state index in [1.165, 1.54) is 6.07 Å². The van der Waals surface area contributed by atoms with Crippen LogP contribution < -0.4 is 11.2 Å². The van der Waals surface area contributed by atoms with E-state index in [0.29, 0.717) is 10.6 Å². The minimum Gasteiger partial charge on any atom is -0.478 e. The number of primary amides is 1. The van der Waals surface area contributed by atoms with Crippen molar-refractivity contribution < 1.29 is 14.7 Å². The number of anilines is 1. The van der Waals surface area contributed by atoms with Crippen LogP contribution in [0.1, 0.15) is 10.4 Å². The Morgan fingerprint density at radius 3 is 2.80 bits per heavy atom. The Morgan fingerprint density at radius 1 is 1.47 bits per heavy atom. The smallest absolute Gasteiger partial charge is 0.336 e. The standard InChI is InChI=1S/C8H7N3O3S/c9-8(14)15-6-4(7(12)13)2-1-3-5(6)10-11-15/h1-3,10H,(H2,9,14)(H,12,13). The van der Waals surface area contributed by atoms with E-state index in [9.17, 15) is 9.59 Å². The second-order valence-corrected chi connectivity index (χ2v) is 4.36. The molecular formula is C8H7N3O3S. The Morgan fingerprint density at radius 2 is 2.20 bits per heavy atom. The number of nitrogens with zero attached hydrogens (tertiary/aromatic N) is 1. The molecule has 0 fully saturated rings. The molecule has 2 rings (SSSR count). The molecule has 15 heavy (non-hydrogen) atoms. The zero-order valence-corrected chi connectivity index (χ0v) is 8.25. The molecule has 0 saturated carbocycles. The molecule has 1 heterocycles. The van der Waals surface area contributed by atoms with Crippen molar-refractivity contribution in [2.75, 3.05) is 5.43 Å². The van der Waals surface area contributed by atoms with Crippen molar-refractivity contribution >= 4 is 27.6 Å². The fourth-order valence-electron chi connectivity index (χ4n) is 1.29. The maximum atomic E-state index is 11.0. The molecule has 0 bridgehead atoms. The number of fused-ring (bicyclic) bond motifs is 1. The van der Waals surface area contributed by atoms with Crippen molar-refractivity contribution in [3.05, 3.63) is 23.8 Å². The van der Waals surface area contributed by atoms with E-state index in [1.54, 1.807) is 12.1 Å². The zero-order chi connectivity index (χ0) is 11.0. The van der Waals surface area contributed by atoms with Gasteiger partial charge in [-0.3, -0.25) is 10.2 Å². The van der Waals surface area contributed by atoms with Crippen LogP contribution >= 0.6 is 0 Å². The molecule has 0 aromatic heterocycles. The Balaban J connectivity index is 2.65. The molecule has 7 heteroatoms. The van der Waals surface area contributed by atoms with Crippen molar-refractivity contribution in [1.82, 2.24) is 0 Å². The predicted octanol–water partition coefficient (Wildman–Crippen LogP) is 0.965. The van der Waals surface area contributed by atoms with Crippen LogP contribution in [0.5, 0.6) is 0 Å². The number of amides is 1. The quantitative estimate of drug-likeness (QED) is 0.662. The summed E-state index contributed by atoms with van der Waals surface area (Å²) >= 11 is 0. The molecule has 0 saturated heterocycles. The van der Waals surface area contributed by atoms with E-state index in [4.69, 9.17) is 10.8 Å². The van der Waals surface area contributed by atoms with Gasteiger partial charge in [0.2, 0.25) is 0 Å². The van der Waals surface area contributed by atoms with Crippen LogP contribution in [0, 0.1) is 0 Å². The van der Waals surface area contributed by atoms with Gasteiger partial charge in [-0.25, -0.2) is 4.79 Å². The second kappa shape index (κ2) is 3.35. The lowest BCUT2D eigenvalue weighted by atomic mass is 10.2. The molecule has 0 radical (unpaired) electrons. The average Bonchev–Trinajstić information content (AvgIpc) is 2.60. The molecule has 1 amide bonds. The van der Waals surface area contributed by atoms with Crippen molar-refractivity contribution in [2.45, 2.75) is 4.90 Å². The van der Waals surface area contributed by atoms with Crippen molar-refractivity contribution in [3.8, 4) is 0 Å². The minimum absolute atomic E-state index is 0.0587. The molecule has 78 valence electrons. The molecule has 1 atom stereocenters. The summed E-state index contributed by atoms with van der Waals surface area (Å²) in [6, 6.07) is 4.66. The molecule has 1 unspecified atom stereocenters. The highest BCUT2D eigenvalue weighted by atomic mass is 32.2. The highest BCUT2D eigenvalue weighted by Gasteiger charge is 2.25. The number of carbonyl (C=O) groups excluding carboxylic acids is 1. The van der Waals surface area contributed by atoms with Gasteiger partial charge in [-0.1, -0.05) is 6.07 Å². The Kier molecular flexibility index (Phi) is 2.16. The molecular weight excluding hydrogens is 218 g/mol. The van der Waals surface area contributed by atoms with Gasteiger partial charge in [-0.05, 0) is 12.1 Å². The van der Waals surface area contributed by atoms with Gasteiger partial charge >= 0.3 is 5.97 Å². The summed E-state index contributed by atoms with van der Waals surface area (Å²) in [7, 11) is -1.21. The number of nitrogens with two attached hydrogens (primary N) is 1. The molecule has 1 aliphatic rings. The predicted molar refractivity (Wildman–Crippen MR) is 54.7 cm³/mol. The van der Waals surface area contributed by atoms with Crippen molar-refractivity contribution in [1.29, 1.82) is 0 Å². The number of rotatable bonds is 1. The summed E-state index contributed by atoms with van der Waals surface area (Å²) in [4.78, 5) is 22.3. The lowest BCUT2D eigenvalue weighted by Crippen LogP contribution is -2.16. The van der Waals surface area contributed by atoms with Gasteiger partial charge in [0.15, 0.2) is 0 Å². The van der Waals surface area contributed by atoms with Gasteiger partial charge < -0.3 is 10.8 Å². The molecule has 0 aliphatic carbocycles. The fraction of sp³-hybridized carbons (Fsp3) is 0. The molecule has 4 N–H and O–H groups in total. The lowest BCUT2D eigenvalue weighted by Gasteiger charge is -2.03. The molecule has 0 spiro atoms. The monoisotopic (exact) mass is 225 g/mol. The van der Waals surface area contributed by atoms with E-state index in [0.717, 1.165) is 0 Å². The molecule has 1 aromatic carbocycles. The van der Waals surface area contributed by atoms with Gasteiger partial charge in [-0.15, -0.1) is 4.47 Å².